The second-order valence-electron chi connectivity index (χ2n) is 9.65. The Hall–Kier alpha value is -2.83. The summed E-state index contributed by atoms with van der Waals surface area (Å²) < 4.78 is 6.16. The first-order valence-electron chi connectivity index (χ1n) is 12.4. The lowest BCUT2D eigenvalue weighted by Gasteiger charge is -2.37. The van der Waals surface area contributed by atoms with Crippen LogP contribution in [0.15, 0.2) is 60.0 Å². The number of benzene rings is 2. The fourth-order valence-corrected chi connectivity index (χ4v) is 5.49. The lowest BCUT2D eigenvalue weighted by atomic mass is 10.00. The van der Waals surface area contributed by atoms with E-state index in [0.29, 0.717) is 36.2 Å². The number of hydrogen-bond donors (Lipinski definition) is 0. The molecule has 0 saturated carbocycles. The molecule has 0 saturated heterocycles. The van der Waals surface area contributed by atoms with Crippen LogP contribution in [0.4, 0.5) is 0 Å². The fourth-order valence-electron chi connectivity index (χ4n) is 4.44. The summed E-state index contributed by atoms with van der Waals surface area (Å²) in [6.45, 7) is 7.74. The van der Waals surface area contributed by atoms with Crippen molar-refractivity contribution in [2.45, 2.75) is 39.7 Å². The summed E-state index contributed by atoms with van der Waals surface area (Å²) in [7, 11) is 0. The summed E-state index contributed by atoms with van der Waals surface area (Å²) in [4.78, 5) is 31.9. The van der Waals surface area contributed by atoms with Gasteiger partial charge in [-0.3, -0.25) is 9.59 Å². The monoisotopic (exact) mass is 524 g/mol. The van der Waals surface area contributed by atoms with E-state index in [1.54, 1.807) is 28.4 Å². The van der Waals surface area contributed by atoms with Gasteiger partial charge in [-0.15, -0.1) is 11.3 Å². The summed E-state index contributed by atoms with van der Waals surface area (Å²) in [5.41, 5.74) is 2.68. The maximum absolute atomic E-state index is 13.7. The minimum atomic E-state index is -0.206. The summed E-state index contributed by atoms with van der Waals surface area (Å²) in [6.07, 6.45) is 1.65. The third kappa shape index (κ3) is 6.29. The summed E-state index contributed by atoms with van der Waals surface area (Å²) in [5, 5.41) is 2.77. The van der Waals surface area contributed by atoms with E-state index in [1.165, 1.54) is 4.88 Å². The Morgan fingerprint density at radius 2 is 1.94 bits per heavy atom. The molecule has 1 aromatic heterocycles. The van der Waals surface area contributed by atoms with Crippen molar-refractivity contribution in [1.82, 2.24) is 9.80 Å². The van der Waals surface area contributed by atoms with Crippen LogP contribution in [0.1, 0.15) is 52.7 Å². The molecule has 2 amide bonds. The third-order valence-corrected chi connectivity index (χ3v) is 7.98. The quantitative estimate of drug-likeness (QED) is 0.325. The molecule has 4 rings (SSSR count). The largest absolute Gasteiger partial charge is 0.491 e. The molecule has 0 radical (unpaired) electrons. The van der Waals surface area contributed by atoms with Crippen molar-refractivity contribution in [3.05, 3.63) is 86.6 Å². The molecular formula is C29H33ClN2O3S. The number of carbonyl (C=O) groups excluding carboxylic acids is 2. The van der Waals surface area contributed by atoms with Gasteiger partial charge < -0.3 is 14.5 Å². The van der Waals surface area contributed by atoms with Gasteiger partial charge in [-0.1, -0.05) is 43.6 Å². The zero-order chi connectivity index (χ0) is 25.7. The van der Waals surface area contributed by atoms with E-state index in [1.807, 2.05) is 48.2 Å². The number of aryl methyl sites for hydroxylation is 1. The highest BCUT2D eigenvalue weighted by atomic mass is 35.5. The molecule has 7 heteroatoms. The van der Waals surface area contributed by atoms with Crippen LogP contribution < -0.4 is 4.74 Å². The first-order chi connectivity index (χ1) is 17.3. The first kappa shape index (κ1) is 26.2. The van der Waals surface area contributed by atoms with Gasteiger partial charge in [0.15, 0.2) is 0 Å². The molecule has 0 fully saturated rings. The fraction of sp³-hybridized carbons (Fsp3) is 0.379. The van der Waals surface area contributed by atoms with Gasteiger partial charge in [0, 0.05) is 28.6 Å². The molecule has 190 valence electrons. The Morgan fingerprint density at radius 3 is 2.67 bits per heavy atom. The van der Waals surface area contributed by atoms with Crippen molar-refractivity contribution >= 4 is 34.8 Å². The normalized spacial score (nSPS) is 15.0. The Bertz CT molecular complexity index is 1190. The highest BCUT2D eigenvalue weighted by Gasteiger charge is 2.33. The minimum Gasteiger partial charge on any atom is -0.491 e. The van der Waals surface area contributed by atoms with Crippen LogP contribution in [0.25, 0.3) is 0 Å². The number of nitrogens with zero attached hydrogens (tertiary/aromatic N) is 2. The highest BCUT2D eigenvalue weighted by molar-refractivity contribution is 7.10. The van der Waals surface area contributed by atoms with Crippen molar-refractivity contribution in [1.29, 1.82) is 0 Å². The number of amides is 2. The van der Waals surface area contributed by atoms with Crippen LogP contribution in [0.2, 0.25) is 5.02 Å². The summed E-state index contributed by atoms with van der Waals surface area (Å²) in [6, 6.07) is 16.7. The van der Waals surface area contributed by atoms with Crippen LogP contribution in [0.5, 0.6) is 5.75 Å². The van der Waals surface area contributed by atoms with Gasteiger partial charge in [0.25, 0.3) is 5.91 Å². The average Bonchev–Trinajstić information content (AvgIpc) is 3.36. The van der Waals surface area contributed by atoms with Crippen molar-refractivity contribution in [2.24, 2.45) is 5.92 Å². The van der Waals surface area contributed by atoms with Gasteiger partial charge >= 0.3 is 0 Å². The second kappa shape index (κ2) is 11.9. The van der Waals surface area contributed by atoms with E-state index >= 15 is 0 Å². The lowest BCUT2D eigenvalue weighted by Crippen LogP contribution is -2.48. The SMILES string of the molecule is Cc1cc(OCC2c3ccsc3CCN2C(=O)CN(CCC(C)C)C(=O)c2ccccc2)ccc1Cl. The van der Waals surface area contributed by atoms with E-state index in [0.717, 1.165) is 29.7 Å². The summed E-state index contributed by atoms with van der Waals surface area (Å²) >= 11 is 7.89. The maximum atomic E-state index is 13.7. The molecule has 36 heavy (non-hydrogen) atoms. The van der Waals surface area contributed by atoms with E-state index in [2.05, 4.69) is 25.3 Å². The number of carbonyl (C=O) groups is 2. The molecule has 1 aliphatic heterocycles. The molecule has 0 spiro atoms. The Balaban J connectivity index is 1.53. The lowest BCUT2D eigenvalue weighted by molar-refractivity contribution is -0.135. The van der Waals surface area contributed by atoms with Crippen LogP contribution in [0.3, 0.4) is 0 Å². The molecule has 2 heterocycles. The first-order valence-corrected chi connectivity index (χ1v) is 13.7. The van der Waals surface area contributed by atoms with Crippen LogP contribution in [0, 0.1) is 12.8 Å². The van der Waals surface area contributed by atoms with E-state index in [-0.39, 0.29) is 24.4 Å². The number of fused-ring (bicyclic) bond motifs is 1. The van der Waals surface area contributed by atoms with Crippen molar-refractivity contribution < 1.29 is 14.3 Å². The van der Waals surface area contributed by atoms with Gasteiger partial charge in [0.1, 0.15) is 18.9 Å². The molecule has 0 bridgehead atoms. The molecule has 0 aliphatic carbocycles. The molecule has 1 atom stereocenters. The second-order valence-corrected chi connectivity index (χ2v) is 11.1. The standard InChI is InChI=1S/C29H33ClN2O3S/c1-20(2)11-14-31(29(34)22-7-5-4-6-8-22)18-28(33)32-15-12-27-24(13-16-36-27)26(32)19-35-23-9-10-25(30)21(3)17-23/h4-10,13,16-17,20,26H,11-12,14-15,18-19H2,1-3H3. The highest BCUT2D eigenvalue weighted by Crippen LogP contribution is 2.34. The van der Waals surface area contributed by atoms with Crippen molar-refractivity contribution in [2.75, 3.05) is 26.2 Å². The Kier molecular flexibility index (Phi) is 8.70. The number of ether oxygens (including phenoxy) is 1. The van der Waals surface area contributed by atoms with Gasteiger partial charge in [-0.2, -0.15) is 0 Å². The summed E-state index contributed by atoms with van der Waals surface area (Å²) in [5.74, 6) is 0.992. The molecule has 3 aromatic rings. The minimum absolute atomic E-state index is 0.0521. The number of rotatable bonds is 9. The topological polar surface area (TPSA) is 49.9 Å². The molecule has 0 N–H and O–H groups in total. The predicted octanol–water partition coefficient (Wildman–Crippen LogP) is 6.40. The number of thiophene rings is 1. The predicted molar refractivity (Wildman–Crippen MR) is 146 cm³/mol. The van der Waals surface area contributed by atoms with Crippen LogP contribution in [-0.4, -0.2) is 47.9 Å². The molecule has 1 aliphatic rings. The van der Waals surface area contributed by atoms with Gasteiger partial charge in [-0.25, -0.2) is 0 Å². The number of hydrogen-bond acceptors (Lipinski definition) is 4. The molecule has 1 unspecified atom stereocenters. The van der Waals surface area contributed by atoms with Crippen molar-refractivity contribution in [3.63, 3.8) is 0 Å². The van der Waals surface area contributed by atoms with Crippen molar-refractivity contribution in [3.8, 4) is 5.75 Å². The van der Waals surface area contributed by atoms with Crippen LogP contribution in [-0.2, 0) is 11.2 Å². The van der Waals surface area contributed by atoms with E-state index in [9.17, 15) is 9.59 Å². The van der Waals surface area contributed by atoms with Crippen LogP contribution >= 0.6 is 22.9 Å². The smallest absolute Gasteiger partial charge is 0.254 e. The Morgan fingerprint density at radius 1 is 1.17 bits per heavy atom. The molecular weight excluding hydrogens is 492 g/mol. The van der Waals surface area contributed by atoms with Gasteiger partial charge in [-0.05, 0) is 78.6 Å². The number of halogens is 1. The van der Waals surface area contributed by atoms with E-state index < -0.39 is 0 Å². The van der Waals surface area contributed by atoms with Gasteiger partial charge in [0.2, 0.25) is 5.91 Å². The zero-order valence-electron chi connectivity index (χ0n) is 21.1. The maximum Gasteiger partial charge on any atom is 0.254 e. The molecule has 5 nitrogen and oxygen atoms in total. The van der Waals surface area contributed by atoms with Gasteiger partial charge in [0.05, 0.1) is 6.04 Å². The third-order valence-electron chi connectivity index (χ3n) is 6.56. The zero-order valence-corrected chi connectivity index (χ0v) is 22.6. The van der Waals surface area contributed by atoms with E-state index in [4.69, 9.17) is 16.3 Å². The average molecular weight is 525 g/mol. The molecule has 2 aromatic carbocycles. The Labute approximate surface area is 222 Å².